The van der Waals surface area contributed by atoms with E-state index in [2.05, 4.69) is 123 Å². The molecule has 5 aromatic heterocycles. The lowest BCUT2D eigenvalue weighted by Gasteiger charge is -2.28. The van der Waals surface area contributed by atoms with E-state index in [-0.39, 0.29) is 43.0 Å². The van der Waals surface area contributed by atoms with Gasteiger partial charge in [0.15, 0.2) is 28.2 Å². The van der Waals surface area contributed by atoms with Crippen molar-refractivity contribution in [2.75, 3.05) is 87.9 Å². The van der Waals surface area contributed by atoms with Gasteiger partial charge in [-0.3, -0.25) is 49.8 Å². The molecule has 7 aliphatic rings. The summed E-state index contributed by atoms with van der Waals surface area (Å²) in [5.74, 6) is 6.79. The summed E-state index contributed by atoms with van der Waals surface area (Å²) in [5.41, 5.74) is 3.07. The Hall–Kier alpha value is -9.64. The SMILES string of the molecule is C#C[C@]1(CN2Cc3ccc(OC)cc3C2=O)NC(=O)NC1=O.COc1cc(C2=NCCN2)cnc1I.COc1ccc2c(c1)C(=O)N(C[C@@]1(c3cc4ncc(C5=NCCN5)cc4o3)NC(=O)NC1=O)C2.COc1cnc(I)c(OC)c1.Oc1cc(C2=NCCN2)cnc1I. The molecule has 0 saturated carbocycles. The van der Waals surface area contributed by atoms with Gasteiger partial charge in [-0.05, 0) is 121 Å². The van der Waals surface area contributed by atoms with Crippen LogP contribution < -0.4 is 60.9 Å². The van der Waals surface area contributed by atoms with Crippen molar-refractivity contribution in [3.8, 4) is 46.8 Å². The van der Waals surface area contributed by atoms with E-state index in [1.807, 2.05) is 34.7 Å². The van der Waals surface area contributed by atoms with E-state index < -0.39 is 35.0 Å². The van der Waals surface area contributed by atoms with Crippen LogP contribution in [0.25, 0.3) is 11.1 Å². The Morgan fingerprint density at radius 3 is 1.53 bits per heavy atom. The van der Waals surface area contributed by atoms with E-state index >= 15 is 0 Å². The number of nitrogens with zero attached hydrogens (tertiary/aromatic N) is 9. The van der Waals surface area contributed by atoms with Crippen LogP contribution in [-0.2, 0) is 28.2 Å². The molecule has 14 rings (SSSR count). The van der Waals surface area contributed by atoms with Crippen LogP contribution in [0.15, 0.2) is 111 Å². The first-order valence-corrected chi connectivity index (χ1v) is 31.8. The second-order valence-electron chi connectivity index (χ2n) is 20.9. The molecular formula is C62H59I3N16O13. The number of amidine groups is 3. The highest BCUT2D eigenvalue weighted by Crippen LogP contribution is 2.36. The molecule has 12 heterocycles. The number of pyridine rings is 4. The lowest BCUT2D eigenvalue weighted by atomic mass is 9.95. The van der Waals surface area contributed by atoms with Crippen LogP contribution >= 0.6 is 67.8 Å². The Morgan fingerprint density at radius 2 is 1.05 bits per heavy atom. The van der Waals surface area contributed by atoms with E-state index in [0.29, 0.717) is 56.3 Å². The Morgan fingerprint density at radius 1 is 0.564 bits per heavy atom. The third-order valence-corrected chi connectivity index (χ3v) is 17.5. The summed E-state index contributed by atoms with van der Waals surface area (Å²) in [4.78, 5) is 107. The lowest BCUT2D eigenvalue weighted by molar-refractivity contribution is -0.125. The van der Waals surface area contributed by atoms with Crippen LogP contribution in [0.5, 0.6) is 34.5 Å². The van der Waals surface area contributed by atoms with E-state index in [1.165, 1.54) is 24.0 Å². The number of ether oxygens (including phenoxy) is 5. The number of hydrogen-bond acceptors (Lipinski definition) is 23. The molecule has 8 N–H and O–H groups in total. The van der Waals surface area contributed by atoms with Gasteiger partial charge >= 0.3 is 12.1 Å². The van der Waals surface area contributed by atoms with Gasteiger partial charge in [0.2, 0.25) is 0 Å². The molecule has 7 aliphatic heterocycles. The minimum absolute atomic E-state index is 0.0864. The third-order valence-electron chi connectivity index (χ3n) is 15.1. The van der Waals surface area contributed by atoms with Crippen molar-refractivity contribution in [1.29, 1.82) is 0 Å². The number of halogens is 3. The van der Waals surface area contributed by atoms with Crippen molar-refractivity contribution in [2.24, 2.45) is 15.0 Å². The van der Waals surface area contributed by atoms with Crippen molar-refractivity contribution in [3.05, 3.63) is 147 Å². The average Bonchev–Trinajstić information content (AvgIpc) is 1.59. The molecular weight excluding hydrogens is 1560 g/mol. The monoisotopic (exact) mass is 1620 g/mol. The number of fused-ring (bicyclic) bond motifs is 3. The Bertz CT molecular complexity index is 4290. The summed E-state index contributed by atoms with van der Waals surface area (Å²) in [5, 5.41) is 28.4. The fraction of sp³-hybridized carbons (Fsp3) is 0.274. The number of urea groups is 2. The number of methoxy groups -OCH3 is 5. The Balaban J connectivity index is 0.000000138. The summed E-state index contributed by atoms with van der Waals surface area (Å²) in [7, 11) is 7.90. The summed E-state index contributed by atoms with van der Waals surface area (Å²) in [6, 6.07) is 18.0. The molecule has 2 saturated heterocycles. The van der Waals surface area contributed by atoms with Crippen LogP contribution in [0, 0.1) is 23.4 Å². The van der Waals surface area contributed by atoms with Crippen LogP contribution in [-0.4, -0.2) is 181 Å². The van der Waals surface area contributed by atoms with Crippen LogP contribution in [0.3, 0.4) is 0 Å². The van der Waals surface area contributed by atoms with Gasteiger partial charge in [-0.1, -0.05) is 18.1 Å². The number of aromatic hydroxyl groups is 1. The number of terminal acetylenes is 1. The molecule has 0 bridgehead atoms. The quantitative estimate of drug-likeness (QED) is 0.0346. The second-order valence-corrected chi connectivity index (χ2v) is 24.0. The van der Waals surface area contributed by atoms with Crippen molar-refractivity contribution >= 4 is 132 Å². The van der Waals surface area contributed by atoms with Crippen molar-refractivity contribution < 1.29 is 62.0 Å². The molecule has 2 atom stereocenters. The maximum absolute atomic E-state index is 13.1. The number of rotatable bonds is 13. The molecule has 0 unspecified atom stereocenters. The zero-order valence-corrected chi connectivity index (χ0v) is 57.3. The fourth-order valence-corrected chi connectivity index (χ4v) is 11.7. The number of hydrogen-bond donors (Lipinski definition) is 8. The van der Waals surface area contributed by atoms with Gasteiger partial charge in [-0.25, -0.2) is 24.5 Å². The molecule has 29 nitrogen and oxygen atoms in total. The molecule has 2 aromatic carbocycles. The smallest absolute Gasteiger partial charge is 0.323 e. The number of amides is 8. The Labute approximate surface area is 577 Å². The highest BCUT2D eigenvalue weighted by molar-refractivity contribution is 14.1. The van der Waals surface area contributed by atoms with Crippen LogP contribution in [0.1, 0.15) is 54.3 Å². The fourth-order valence-electron chi connectivity index (χ4n) is 10.3. The standard InChI is InChI=1S/C23H20N6O5.C15H13N3O4.C9H10IN3O.C8H8IN3O.C7H8INO2/c1-33-14-3-2-12-10-29(20(30)15(12)7-14)11-23(21(31)27-22(32)28-23)18-8-16-17(34-18)6-13(9-26-16)19-24-4-5-25-19;1-3-15(13(20)16-14(21)17-15)8-18-7-9-4-5-10(22-2)6-11(9)12(18)19;1-14-7-4-6(5-13-8(7)10)9-11-2-3-12-9;9-7-6(13)3-5(4-12-7)8-10-1-2-11-8;1-10-5-3-6(11-2)7(8)9-4-5/h2-3,6-9H,4-5,10-11H2,1H3,(H,24,25)(H2,27,28,31,32);1,4-6H,7-8H2,2H3,(H2,16,17,20,21);4-5H,2-3H2,1H3,(H,11,12);3-4,13H,1-2H2,(H,10,11);3-4H,1-2H3/t23-;15-;;;/m01.../s1. The van der Waals surface area contributed by atoms with E-state index in [4.69, 9.17) is 34.5 Å². The van der Waals surface area contributed by atoms with Crippen LogP contribution in [0.2, 0.25) is 0 Å². The van der Waals surface area contributed by atoms with E-state index in [1.54, 1.807) is 101 Å². The van der Waals surface area contributed by atoms with Gasteiger partial charge < -0.3 is 69.6 Å². The lowest BCUT2D eigenvalue weighted by Crippen LogP contribution is -2.54. The molecule has 32 heteroatoms. The number of aliphatic imine (C=N–C) groups is 3. The molecule has 7 aromatic rings. The van der Waals surface area contributed by atoms with Gasteiger partial charge in [-0.15, -0.1) is 6.42 Å². The van der Waals surface area contributed by atoms with Gasteiger partial charge in [-0.2, -0.15) is 0 Å². The van der Waals surface area contributed by atoms with Crippen molar-refractivity contribution in [3.63, 3.8) is 0 Å². The number of benzene rings is 2. The summed E-state index contributed by atoms with van der Waals surface area (Å²) in [6.45, 7) is 5.26. The highest BCUT2D eigenvalue weighted by Gasteiger charge is 2.53. The summed E-state index contributed by atoms with van der Waals surface area (Å²) in [6.07, 6.45) is 12.3. The number of carbonyl (C=O) groups excluding carboxylic acids is 6. The maximum atomic E-state index is 13.1. The van der Waals surface area contributed by atoms with Gasteiger partial charge in [0.25, 0.3) is 23.6 Å². The van der Waals surface area contributed by atoms with Crippen LogP contribution in [0.4, 0.5) is 9.59 Å². The molecule has 8 amide bonds. The highest BCUT2D eigenvalue weighted by atomic mass is 127. The predicted molar refractivity (Wildman–Crippen MR) is 366 cm³/mol. The first kappa shape index (κ1) is 67.3. The molecule has 2 fully saturated rings. The molecule has 94 heavy (non-hydrogen) atoms. The Kier molecular flexibility index (Phi) is 21.1. The topological polar surface area (TPSA) is 361 Å². The predicted octanol–water partition coefficient (Wildman–Crippen LogP) is 4.23. The zero-order chi connectivity index (χ0) is 66.8. The average molecular weight is 1620 g/mol. The minimum atomic E-state index is -1.59. The van der Waals surface area contributed by atoms with E-state index in [0.717, 1.165) is 96.9 Å². The minimum Gasteiger partial charge on any atom is -0.505 e. The normalized spacial score (nSPS) is 18.5. The van der Waals surface area contributed by atoms with Crippen molar-refractivity contribution in [1.82, 2.24) is 67.0 Å². The molecule has 486 valence electrons. The third kappa shape index (κ3) is 14.7. The molecule has 0 spiro atoms. The molecule has 0 aliphatic carbocycles. The first-order chi connectivity index (χ1) is 45.3. The zero-order valence-electron chi connectivity index (χ0n) is 50.8. The number of aromatic nitrogens is 4. The number of furan rings is 1. The number of imide groups is 2. The second kappa shape index (κ2) is 29.5. The van der Waals surface area contributed by atoms with Crippen molar-refractivity contribution in [2.45, 2.75) is 24.2 Å². The number of nitrogens with one attached hydrogen (secondary N) is 7. The largest absolute Gasteiger partial charge is 0.505 e. The van der Waals surface area contributed by atoms with E-state index in [9.17, 15) is 33.9 Å². The van der Waals surface area contributed by atoms with Gasteiger partial charge in [0, 0.05) is 91.3 Å². The van der Waals surface area contributed by atoms with Gasteiger partial charge in [0.05, 0.1) is 74.5 Å². The van der Waals surface area contributed by atoms with Gasteiger partial charge in [0.1, 0.15) is 62.9 Å². The summed E-state index contributed by atoms with van der Waals surface area (Å²) < 4.78 is 33.9. The number of carbonyl (C=O) groups is 6. The molecule has 0 radical (unpaired) electrons. The summed E-state index contributed by atoms with van der Waals surface area (Å²) >= 11 is 6.23. The maximum Gasteiger partial charge on any atom is 0.323 e. The first-order valence-electron chi connectivity index (χ1n) is 28.5.